The summed E-state index contributed by atoms with van der Waals surface area (Å²) in [6.45, 7) is 13.8. The molecule has 1 aliphatic rings. The molecule has 0 saturated carbocycles. The third kappa shape index (κ3) is 3.53. The molecule has 0 radical (unpaired) electrons. The molecule has 0 heteroatoms. The molecule has 1 aromatic carbocycles. The number of benzene rings is 1. The van der Waals surface area contributed by atoms with Crippen LogP contribution in [-0.4, -0.2) is 0 Å². The van der Waals surface area contributed by atoms with Gasteiger partial charge in [0.2, 0.25) is 0 Å². The molecular weight excluding hydrogens is 240 g/mol. The SMILES string of the molecule is CC(C)(C)C1=CC[C@H](c2ccc(C(C)(C)C)cc2)CC1. The van der Waals surface area contributed by atoms with Crippen molar-refractivity contribution in [3.8, 4) is 0 Å². The van der Waals surface area contributed by atoms with Crippen LogP contribution in [0.2, 0.25) is 0 Å². The molecule has 0 aliphatic heterocycles. The summed E-state index contributed by atoms with van der Waals surface area (Å²) in [6.07, 6.45) is 6.26. The van der Waals surface area contributed by atoms with Crippen LogP contribution < -0.4 is 0 Å². The first-order valence-electron chi connectivity index (χ1n) is 7.98. The Bertz CT molecular complexity index is 474. The Morgan fingerprint density at radius 3 is 1.85 bits per heavy atom. The predicted octanol–water partition coefficient (Wildman–Crippen LogP) is 6.22. The molecular formula is C20H30. The van der Waals surface area contributed by atoms with Crippen LogP contribution in [0.15, 0.2) is 35.9 Å². The van der Waals surface area contributed by atoms with E-state index in [2.05, 4.69) is 71.9 Å². The van der Waals surface area contributed by atoms with E-state index in [9.17, 15) is 0 Å². The van der Waals surface area contributed by atoms with Gasteiger partial charge >= 0.3 is 0 Å². The lowest BCUT2D eigenvalue weighted by Crippen LogP contribution is -2.15. The minimum Gasteiger partial charge on any atom is -0.0842 e. The molecule has 0 amide bonds. The highest BCUT2D eigenvalue weighted by molar-refractivity contribution is 5.31. The van der Waals surface area contributed by atoms with Crippen molar-refractivity contribution >= 4 is 0 Å². The second-order valence-electron chi connectivity index (χ2n) is 8.32. The fraction of sp³-hybridized carbons (Fsp3) is 0.600. The summed E-state index contributed by atoms with van der Waals surface area (Å²) < 4.78 is 0. The van der Waals surface area contributed by atoms with Crippen molar-refractivity contribution in [3.05, 3.63) is 47.0 Å². The molecule has 0 heterocycles. The van der Waals surface area contributed by atoms with Gasteiger partial charge in [-0.3, -0.25) is 0 Å². The van der Waals surface area contributed by atoms with E-state index in [-0.39, 0.29) is 5.41 Å². The highest BCUT2D eigenvalue weighted by atomic mass is 14.3. The van der Waals surface area contributed by atoms with Gasteiger partial charge in [-0.1, -0.05) is 77.5 Å². The molecule has 0 N–H and O–H groups in total. The van der Waals surface area contributed by atoms with Gasteiger partial charge < -0.3 is 0 Å². The Hall–Kier alpha value is -1.04. The van der Waals surface area contributed by atoms with Gasteiger partial charge in [-0.15, -0.1) is 0 Å². The average molecular weight is 270 g/mol. The molecule has 110 valence electrons. The predicted molar refractivity (Wildman–Crippen MR) is 89.3 cm³/mol. The van der Waals surface area contributed by atoms with E-state index in [0.717, 1.165) is 5.92 Å². The van der Waals surface area contributed by atoms with Crippen LogP contribution in [0, 0.1) is 5.41 Å². The number of hydrogen-bond donors (Lipinski definition) is 0. The van der Waals surface area contributed by atoms with Crippen molar-refractivity contribution in [3.63, 3.8) is 0 Å². The lowest BCUT2D eigenvalue weighted by Gasteiger charge is -2.30. The maximum absolute atomic E-state index is 2.49. The van der Waals surface area contributed by atoms with Gasteiger partial charge in [-0.05, 0) is 47.1 Å². The van der Waals surface area contributed by atoms with Crippen LogP contribution in [0.1, 0.15) is 77.8 Å². The first kappa shape index (κ1) is 15.4. The van der Waals surface area contributed by atoms with Crippen LogP contribution in [0.5, 0.6) is 0 Å². The molecule has 0 spiro atoms. The largest absolute Gasteiger partial charge is 0.0842 e. The van der Waals surface area contributed by atoms with Crippen molar-refractivity contribution in [2.75, 3.05) is 0 Å². The van der Waals surface area contributed by atoms with E-state index in [0.29, 0.717) is 5.41 Å². The van der Waals surface area contributed by atoms with Crippen molar-refractivity contribution in [1.82, 2.24) is 0 Å². The Morgan fingerprint density at radius 2 is 1.45 bits per heavy atom. The Labute approximate surface area is 125 Å². The average Bonchev–Trinajstić information content (AvgIpc) is 2.37. The zero-order valence-corrected chi connectivity index (χ0v) is 14.1. The molecule has 1 aliphatic carbocycles. The van der Waals surface area contributed by atoms with E-state index in [4.69, 9.17) is 0 Å². The molecule has 0 aromatic heterocycles. The van der Waals surface area contributed by atoms with Gasteiger partial charge in [0.25, 0.3) is 0 Å². The lowest BCUT2D eigenvalue weighted by molar-refractivity contribution is 0.445. The van der Waals surface area contributed by atoms with Crippen molar-refractivity contribution in [2.24, 2.45) is 5.41 Å². The van der Waals surface area contributed by atoms with Crippen molar-refractivity contribution in [1.29, 1.82) is 0 Å². The van der Waals surface area contributed by atoms with E-state index >= 15 is 0 Å². The fourth-order valence-corrected chi connectivity index (χ4v) is 3.07. The van der Waals surface area contributed by atoms with E-state index in [1.807, 2.05) is 0 Å². The van der Waals surface area contributed by atoms with Crippen LogP contribution >= 0.6 is 0 Å². The summed E-state index contributed by atoms with van der Waals surface area (Å²) in [5, 5.41) is 0. The highest BCUT2D eigenvalue weighted by Gasteiger charge is 2.23. The highest BCUT2D eigenvalue weighted by Crippen LogP contribution is 2.39. The second-order valence-corrected chi connectivity index (χ2v) is 8.32. The molecule has 0 nitrogen and oxygen atoms in total. The first-order valence-corrected chi connectivity index (χ1v) is 7.98. The van der Waals surface area contributed by atoms with E-state index < -0.39 is 0 Å². The number of rotatable bonds is 1. The van der Waals surface area contributed by atoms with Gasteiger partial charge in [0, 0.05) is 0 Å². The normalized spacial score (nSPS) is 20.7. The van der Waals surface area contributed by atoms with Gasteiger partial charge in [0.15, 0.2) is 0 Å². The summed E-state index contributed by atoms with van der Waals surface area (Å²) in [5.41, 5.74) is 5.19. The maximum atomic E-state index is 2.49. The molecule has 0 unspecified atom stereocenters. The molecule has 2 rings (SSSR count). The third-order valence-corrected chi connectivity index (χ3v) is 4.62. The lowest BCUT2D eigenvalue weighted by atomic mass is 9.75. The number of allylic oxidation sites excluding steroid dienone is 2. The van der Waals surface area contributed by atoms with E-state index in [1.165, 1.54) is 30.4 Å². The molecule has 0 bridgehead atoms. The quantitative estimate of drug-likeness (QED) is 0.531. The van der Waals surface area contributed by atoms with Crippen molar-refractivity contribution in [2.45, 2.75) is 72.1 Å². The monoisotopic (exact) mass is 270 g/mol. The van der Waals surface area contributed by atoms with Gasteiger partial charge in [-0.25, -0.2) is 0 Å². The topological polar surface area (TPSA) is 0 Å². The first-order chi connectivity index (χ1) is 9.18. The Kier molecular flexibility index (Phi) is 4.14. The second kappa shape index (κ2) is 5.39. The molecule has 0 saturated heterocycles. The Balaban J connectivity index is 2.10. The van der Waals surface area contributed by atoms with Crippen LogP contribution in [0.25, 0.3) is 0 Å². The van der Waals surface area contributed by atoms with E-state index in [1.54, 1.807) is 5.57 Å². The zero-order valence-electron chi connectivity index (χ0n) is 14.1. The molecule has 20 heavy (non-hydrogen) atoms. The van der Waals surface area contributed by atoms with Crippen molar-refractivity contribution < 1.29 is 0 Å². The van der Waals surface area contributed by atoms with Gasteiger partial charge in [0.05, 0.1) is 0 Å². The Morgan fingerprint density at radius 1 is 0.850 bits per heavy atom. The molecule has 0 fully saturated rings. The summed E-state index contributed by atoms with van der Waals surface area (Å²) in [5.74, 6) is 0.718. The fourth-order valence-electron chi connectivity index (χ4n) is 3.07. The van der Waals surface area contributed by atoms with Crippen LogP contribution in [0.4, 0.5) is 0 Å². The maximum Gasteiger partial charge on any atom is -0.0124 e. The van der Waals surface area contributed by atoms with Gasteiger partial charge in [-0.2, -0.15) is 0 Å². The minimum atomic E-state index is 0.254. The van der Waals surface area contributed by atoms with Crippen LogP contribution in [0.3, 0.4) is 0 Å². The van der Waals surface area contributed by atoms with Gasteiger partial charge in [0.1, 0.15) is 0 Å². The summed E-state index contributed by atoms with van der Waals surface area (Å²) >= 11 is 0. The van der Waals surface area contributed by atoms with Crippen LogP contribution in [-0.2, 0) is 5.41 Å². The third-order valence-electron chi connectivity index (χ3n) is 4.62. The minimum absolute atomic E-state index is 0.254. The standard InChI is InChI=1S/C20H30/c1-19(2,3)17-11-7-15(8-12-17)16-9-13-18(14-10-16)20(4,5)6/h7-8,11-13,16H,9-10,14H2,1-6H3/t16-/m0/s1. The number of hydrogen-bond acceptors (Lipinski definition) is 0. The smallest absolute Gasteiger partial charge is 0.0124 e. The summed E-state index contributed by atoms with van der Waals surface area (Å²) in [4.78, 5) is 0. The summed E-state index contributed by atoms with van der Waals surface area (Å²) in [6, 6.07) is 9.33. The molecule has 1 aromatic rings. The molecule has 1 atom stereocenters. The summed E-state index contributed by atoms with van der Waals surface area (Å²) in [7, 11) is 0. The zero-order chi connectivity index (χ0) is 15.0.